The molecule has 0 bridgehead atoms. The minimum atomic E-state index is -4.30. The molecular formula is C5H12BrO4P. The van der Waals surface area contributed by atoms with E-state index in [-0.39, 0.29) is 12.0 Å². The molecule has 11 heavy (non-hydrogen) atoms. The standard InChI is InChI=1S/C5H12BrO4P/c1-5(2,3-6)4-10-11(7,8)9/h3-4H2,1-2H3,(H2,7,8,9). The zero-order valence-electron chi connectivity index (χ0n) is 6.45. The van der Waals surface area contributed by atoms with Crippen LogP contribution < -0.4 is 0 Å². The summed E-state index contributed by atoms with van der Waals surface area (Å²) >= 11 is 3.21. The Labute approximate surface area is 74.3 Å². The Morgan fingerprint density at radius 2 is 2.00 bits per heavy atom. The van der Waals surface area contributed by atoms with Gasteiger partial charge in [-0.25, -0.2) is 4.57 Å². The van der Waals surface area contributed by atoms with Crippen LogP contribution in [0, 0.1) is 5.41 Å². The molecule has 0 fully saturated rings. The molecule has 0 unspecified atom stereocenters. The summed E-state index contributed by atoms with van der Waals surface area (Å²) in [5.74, 6) is 0. The van der Waals surface area contributed by atoms with Gasteiger partial charge in [-0.2, -0.15) is 0 Å². The van der Waals surface area contributed by atoms with Gasteiger partial charge >= 0.3 is 7.82 Å². The zero-order valence-corrected chi connectivity index (χ0v) is 8.93. The van der Waals surface area contributed by atoms with Crippen LogP contribution in [-0.2, 0) is 9.09 Å². The van der Waals surface area contributed by atoms with Crippen LogP contribution in [0.3, 0.4) is 0 Å². The summed E-state index contributed by atoms with van der Waals surface area (Å²) in [7, 11) is -4.30. The molecule has 0 saturated heterocycles. The highest BCUT2D eigenvalue weighted by atomic mass is 79.9. The molecule has 0 aliphatic rings. The summed E-state index contributed by atoms with van der Waals surface area (Å²) in [6, 6.07) is 0. The predicted molar refractivity (Wildman–Crippen MR) is 45.6 cm³/mol. The summed E-state index contributed by atoms with van der Waals surface area (Å²) in [5.41, 5.74) is -0.249. The van der Waals surface area contributed by atoms with E-state index in [2.05, 4.69) is 20.5 Å². The highest BCUT2D eigenvalue weighted by molar-refractivity contribution is 9.09. The maximum Gasteiger partial charge on any atom is 0.469 e. The first kappa shape index (κ1) is 11.6. The van der Waals surface area contributed by atoms with Crippen LogP contribution in [-0.4, -0.2) is 21.7 Å². The number of phosphoric ester groups is 1. The number of hydrogen-bond donors (Lipinski definition) is 2. The molecule has 0 aromatic heterocycles. The van der Waals surface area contributed by atoms with Crippen LogP contribution >= 0.6 is 23.8 Å². The zero-order chi connectivity index (χ0) is 9.12. The molecule has 0 spiro atoms. The Morgan fingerprint density at radius 1 is 1.55 bits per heavy atom. The van der Waals surface area contributed by atoms with Crippen molar-refractivity contribution in [1.29, 1.82) is 0 Å². The third kappa shape index (κ3) is 6.97. The van der Waals surface area contributed by atoms with Crippen LogP contribution in [0.4, 0.5) is 0 Å². The van der Waals surface area contributed by atoms with Gasteiger partial charge in [0.1, 0.15) is 0 Å². The van der Waals surface area contributed by atoms with Gasteiger partial charge in [-0.3, -0.25) is 4.52 Å². The molecule has 0 radical (unpaired) electrons. The third-order valence-corrected chi connectivity index (χ3v) is 2.97. The quantitative estimate of drug-likeness (QED) is 0.583. The molecule has 0 saturated carbocycles. The van der Waals surface area contributed by atoms with Crippen LogP contribution in [0.25, 0.3) is 0 Å². The first-order valence-electron chi connectivity index (χ1n) is 3.03. The smallest absolute Gasteiger partial charge is 0.303 e. The van der Waals surface area contributed by atoms with Crippen molar-refractivity contribution in [3.63, 3.8) is 0 Å². The molecule has 6 heteroatoms. The average Bonchev–Trinajstić information content (AvgIpc) is 1.83. The van der Waals surface area contributed by atoms with Gasteiger partial charge in [-0.1, -0.05) is 29.8 Å². The predicted octanol–water partition coefficient (Wildman–Crippen LogP) is 1.52. The van der Waals surface area contributed by atoms with Crippen LogP contribution in [0.1, 0.15) is 13.8 Å². The van der Waals surface area contributed by atoms with E-state index < -0.39 is 7.82 Å². The van der Waals surface area contributed by atoms with Crippen molar-refractivity contribution in [2.45, 2.75) is 13.8 Å². The molecule has 0 amide bonds. The number of alkyl halides is 1. The summed E-state index contributed by atoms with van der Waals surface area (Å²) in [6.07, 6.45) is 0. The van der Waals surface area contributed by atoms with E-state index in [0.717, 1.165) is 0 Å². The van der Waals surface area contributed by atoms with Crippen molar-refractivity contribution in [2.24, 2.45) is 5.41 Å². The minimum Gasteiger partial charge on any atom is -0.303 e. The molecule has 0 aliphatic heterocycles. The fraction of sp³-hybridized carbons (Fsp3) is 1.00. The maximum absolute atomic E-state index is 10.3. The van der Waals surface area contributed by atoms with Crippen LogP contribution in [0.15, 0.2) is 0 Å². The Kier molecular flexibility index (Phi) is 4.22. The molecule has 68 valence electrons. The van der Waals surface area contributed by atoms with Gasteiger partial charge in [-0.05, 0) is 5.41 Å². The van der Waals surface area contributed by atoms with Gasteiger partial charge in [0.25, 0.3) is 0 Å². The van der Waals surface area contributed by atoms with Gasteiger partial charge < -0.3 is 9.79 Å². The lowest BCUT2D eigenvalue weighted by atomic mass is 9.99. The molecule has 0 aromatic rings. The van der Waals surface area contributed by atoms with Crippen molar-refractivity contribution in [3.05, 3.63) is 0 Å². The molecule has 0 atom stereocenters. The fourth-order valence-corrected chi connectivity index (χ4v) is 0.977. The summed E-state index contributed by atoms with van der Waals surface area (Å²) in [6.45, 7) is 3.73. The van der Waals surface area contributed by atoms with E-state index >= 15 is 0 Å². The monoisotopic (exact) mass is 246 g/mol. The average molecular weight is 247 g/mol. The molecule has 2 N–H and O–H groups in total. The molecule has 0 heterocycles. The first-order valence-corrected chi connectivity index (χ1v) is 5.68. The van der Waals surface area contributed by atoms with Crippen molar-refractivity contribution in [1.82, 2.24) is 0 Å². The van der Waals surface area contributed by atoms with Crippen molar-refractivity contribution in [2.75, 3.05) is 11.9 Å². The molecule has 0 aromatic carbocycles. The lowest BCUT2D eigenvalue weighted by Crippen LogP contribution is -2.19. The Bertz CT molecular complexity index is 164. The van der Waals surface area contributed by atoms with E-state index in [9.17, 15) is 4.57 Å². The Morgan fingerprint density at radius 3 is 2.27 bits per heavy atom. The number of halogens is 1. The Balaban J connectivity index is 3.80. The lowest BCUT2D eigenvalue weighted by molar-refractivity contribution is 0.142. The van der Waals surface area contributed by atoms with Gasteiger partial charge in [-0.15, -0.1) is 0 Å². The van der Waals surface area contributed by atoms with Crippen molar-refractivity contribution >= 4 is 23.8 Å². The second kappa shape index (κ2) is 4.01. The van der Waals surface area contributed by atoms with E-state index in [0.29, 0.717) is 5.33 Å². The molecule has 4 nitrogen and oxygen atoms in total. The van der Waals surface area contributed by atoms with Crippen molar-refractivity contribution in [3.8, 4) is 0 Å². The largest absolute Gasteiger partial charge is 0.469 e. The highest BCUT2D eigenvalue weighted by Gasteiger charge is 2.22. The third-order valence-electron chi connectivity index (χ3n) is 0.985. The number of phosphoric acid groups is 1. The molecular weight excluding hydrogens is 235 g/mol. The Hall–Kier alpha value is 0.590. The van der Waals surface area contributed by atoms with Gasteiger partial charge in [0.15, 0.2) is 0 Å². The number of rotatable bonds is 4. The minimum absolute atomic E-state index is 0.0442. The summed E-state index contributed by atoms with van der Waals surface area (Å²) in [5, 5.41) is 0.639. The van der Waals surface area contributed by atoms with Gasteiger partial charge in [0.05, 0.1) is 6.61 Å². The second-order valence-corrected chi connectivity index (χ2v) is 4.86. The molecule has 0 aliphatic carbocycles. The summed E-state index contributed by atoms with van der Waals surface area (Å²) in [4.78, 5) is 16.7. The maximum atomic E-state index is 10.3. The van der Waals surface area contributed by atoms with E-state index in [1.165, 1.54) is 0 Å². The van der Waals surface area contributed by atoms with E-state index in [1.54, 1.807) is 0 Å². The highest BCUT2D eigenvalue weighted by Crippen LogP contribution is 2.38. The van der Waals surface area contributed by atoms with Gasteiger partial charge in [0, 0.05) is 5.33 Å². The molecule has 0 rings (SSSR count). The first-order chi connectivity index (χ1) is 4.77. The van der Waals surface area contributed by atoms with Crippen LogP contribution in [0.2, 0.25) is 0 Å². The SMILES string of the molecule is CC(C)(CBr)COP(=O)(O)O. The van der Waals surface area contributed by atoms with E-state index in [4.69, 9.17) is 9.79 Å². The van der Waals surface area contributed by atoms with Crippen LogP contribution in [0.5, 0.6) is 0 Å². The number of hydrogen-bond acceptors (Lipinski definition) is 2. The second-order valence-electron chi connectivity index (χ2n) is 3.06. The fourth-order valence-electron chi connectivity index (χ4n) is 0.297. The van der Waals surface area contributed by atoms with Gasteiger partial charge in [0.2, 0.25) is 0 Å². The summed E-state index contributed by atoms with van der Waals surface area (Å²) < 4.78 is 14.6. The lowest BCUT2D eigenvalue weighted by Gasteiger charge is -2.20. The normalized spacial score (nSPS) is 13.5. The topological polar surface area (TPSA) is 66.8 Å². The van der Waals surface area contributed by atoms with Crippen molar-refractivity contribution < 1.29 is 18.9 Å². The van der Waals surface area contributed by atoms with E-state index in [1.807, 2.05) is 13.8 Å².